The zero-order valence-electron chi connectivity index (χ0n) is 7.76. The highest BCUT2D eigenvalue weighted by molar-refractivity contribution is 9.10. The number of hydrogen-bond acceptors (Lipinski definition) is 4. The van der Waals surface area contributed by atoms with Crippen LogP contribution in [0.15, 0.2) is 0 Å². The molecule has 0 aromatic heterocycles. The molecular formula is C7H11BrF2O4. The van der Waals surface area contributed by atoms with E-state index < -0.39 is 16.9 Å². The number of carbonyl (C=O) groups is 1. The zero-order chi connectivity index (χ0) is 11.2. The molecule has 0 aliphatic carbocycles. The molecule has 0 aromatic carbocycles. The van der Waals surface area contributed by atoms with Crippen LogP contribution in [0.4, 0.5) is 8.78 Å². The molecule has 0 radical (unpaired) electrons. The third-order valence-corrected chi connectivity index (χ3v) is 1.53. The lowest BCUT2D eigenvalue weighted by molar-refractivity contribution is -0.170. The number of methoxy groups -OCH3 is 2. The van der Waals surface area contributed by atoms with E-state index in [1.165, 1.54) is 14.2 Å². The molecule has 0 aliphatic heterocycles. The Morgan fingerprint density at radius 1 is 1.36 bits per heavy atom. The van der Waals surface area contributed by atoms with Crippen molar-refractivity contribution in [2.75, 3.05) is 27.4 Å². The maximum Gasteiger partial charge on any atom is 0.396 e. The minimum Gasteiger partial charge on any atom is -0.452 e. The number of carbonyl (C=O) groups excluding carboxylic acids is 1. The van der Waals surface area contributed by atoms with Gasteiger partial charge in [-0.05, 0) is 0 Å². The number of rotatable bonds is 6. The summed E-state index contributed by atoms with van der Waals surface area (Å²) in [6.07, 6.45) is -0.832. The fourth-order valence-corrected chi connectivity index (χ4v) is 0.800. The van der Waals surface area contributed by atoms with Crippen molar-refractivity contribution in [3.63, 3.8) is 0 Å². The van der Waals surface area contributed by atoms with Gasteiger partial charge in [0.1, 0.15) is 6.10 Å². The van der Waals surface area contributed by atoms with Crippen LogP contribution in [0.2, 0.25) is 0 Å². The van der Waals surface area contributed by atoms with Crippen molar-refractivity contribution in [1.29, 1.82) is 0 Å². The van der Waals surface area contributed by atoms with Gasteiger partial charge in [0.05, 0.1) is 13.2 Å². The van der Waals surface area contributed by atoms with Crippen LogP contribution in [-0.4, -0.2) is 44.3 Å². The summed E-state index contributed by atoms with van der Waals surface area (Å²) in [6.45, 7) is 0.00528. The Kier molecular flexibility index (Phi) is 6.14. The second-order valence-electron chi connectivity index (χ2n) is 2.44. The lowest BCUT2D eigenvalue weighted by Crippen LogP contribution is -2.33. The summed E-state index contributed by atoms with van der Waals surface area (Å²) in [6, 6.07) is 0. The van der Waals surface area contributed by atoms with Crippen LogP contribution in [0.1, 0.15) is 0 Å². The van der Waals surface area contributed by atoms with E-state index in [4.69, 9.17) is 0 Å². The molecule has 0 fully saturated rings. The molecule has 0 amide bonds. The fourth-order valence-electron chi connectivity index (χ4n) is 0.706. The first kappa shape index (κ1) is 13.7. The Labute approximate surface area is 88.6 Å². The van der Waals surface area contributed by atoms with Gasteiger partial charge in [-0.3, -0.25) is 0 Å². The largest absolute Gasteiger partial charge is 0.452 e. The summed E-state index contributed by atoms with van der Waals surface area (Å²) in [5.41, 5.74) is 0. The molecule has 0 atom stereocenters. The summed E-state index contributed by atoms with van der Waals surface area (Å²) in [4.78, 5) is 7.02. The Morgan fingerprint density at radius 3 is 2.07 bits per heavy atom. The molecule has 0 aromatic rings. The molecule has 14 heavy (non-hydrogen) atoms. The molecule has 0 unspecified atom stereocenters. The first-order chi connectivity index (χ1) is 6.41. The average Bonchev–Trinajstić information content (AvgIpc) is 2.03. The van der Waals surface area contributed by atoms with Gasteiger partial charge >= 0.3 is 10.8 Å². The summed E-state index contributed by atoms with van der Waals surface area (Å²) in [7, 11) is 2.73. The minimum atomic E-state index is -3.67. The summed E-state index contributed by atoms with van der Waals surface area (Å²) >= 11 is 1.89. The minimum absolute atomic E-state index is 0.00264. The van der Waals surface area contributed by atoms with Crippen molar-refractivity contribution < 1.29 is 27.8 Å². The first-order valence-electron chi connectivity index (χ1n) is 3.67. The number of esters is 1. The SMILES string of the molecule is COCC(COC)OC(=O)C(F)(F)Br. The van der Waals surface area contributed by atoms with Crippen molar-refractivity contribution in [1.82, 2.24) is 0 Å². The van der Waals surface area contributed by atoms with Gasteiger partial charge in [0.2, 0.25) is 0 Å². The van der Waals surface area contributed by atoms with Gasteiger partial charge in [0, 0.05) is 30.1 Å². The quantitative estimate of drug-likeness (QED) is 0.540. The number of alkyl halides is 3. The van der Waals surface area contributed by atoms with E-state index in [9.17, 15) is 13.6 Å². The van der Waals surface area contributed by atoms with Gasteiger partial charge in [-0.2, -0.15) is 8.78 Å². The molecule has 0 rings (SSSR count). The summed E-state index contributed by atoms with van der Waals surface area (Å²) in [5, 5.41) is 0. The van der Waals surface area contributed by atoms with E-state index >= 15 is 0 Å². The number of hydrogen-bond donors (Lipinski definition) is 0. The molecule has 0 spiro atoms. The van der Waals surface area contributed by atoms with Crippen LogP contribution in [0.5, 0.6) is 0 Å². The highest BCUT2D eigenvalue weighted by Gasteiger charge is 2.38. The maximum absolute atomic E-state index is 12.3. The Morgan fingerprint density at radius 2 is 1.79 bits per heavy atom. The summed E-state index contributed by atoms with van der Waals surface area (Å²) < 4.78 is 38.3. The predicted octanol–water partition coefficient (Wildman–Crippen LogP) is 1.18. The standard InChI is InChI=1S/C7H11BrF2O4/c1-12-3-5(4-13-2)14-6(11)7(8,9)10/h5H,3-4H2,1-2H3. The van der Waals surface area contributed by atoms with Crippen molar-refractivity contribution in [2.24, 2.45) is 0 Å². The van der Waals surface area contributed by atoms with Crippen molar-refractivity contribution in [3.8, 4) is 0 Å². The van der Waals surface area contributed by atoms with Crippen LogP contribution >= 0.6 is 15.9 Å². The molecule has 7 heteroatoms. The van der Waals surface area contributed by atoms with E-state index in [0.717, 1.165) is 0 Å². The number of ether oxygens (including phenoxy) is 3. The van der Waals surface area contributed by atoms with E-state index in [1.807, 2.05) is 15.9 Å². The van der Waals surface area contributed by atoms with Gasteiger partial charge in [0.25, 0.3) is 0 Å². The monoisotopic (exact) mass is 276 g/mol. The molecular weight excluding hydrogens is 266 g/mol. The summed E-state index contributed by atoms with van der Waals surface area (Å²) in [5.74, 6) is -1.66. The van der Waals surface area contributed by atoms with Crippen LogP contribution < -0.4 is 0 Å². The van der Waals surface area contributed by atoms with Crippen LogP contribution in [0.3, 0.4) is 0 Å². The van der Waals surface area contributed by atoms with Crippen molar-refractivity contribution in [3.05, 3.63) is 0 Å². The average molecular weight is 277 g/mol. The van der Waals surface area contributed by atoms with Crippen LogP contribution in [-0.2, 0) is 19.0 Å². The van der Waals surface area contributed by atoms with Gasteiger partial charge in [-0.25, -0.2) is 4.79 Å². The maximum atomic E-state index is 12.3. The molecule has 0 heterocycles. The fraction of sp³-hybridized carbons (Fsp3) is 0.857. The normalized spacial score (nSPS) is 11.9. The van der Waals surface area contributed by atoms with Gasteiger partial charge in [-0.15, -0.1) is 0 Å². The highest BCUT2D eigenvalue weighted by Crippen LogP contribution is 2.23. The molecule has 0 bridgehead atoms. The predicted molar refractivity (Wildman–Crippen MR) is 47.5 cm³/mol. The zero-order valence-corrected chi connectivity index (χ0v) is 9.34. The van der Waals surface area contributed by atoms with Gasteiger partial charge in [-0.1, -0.05) is 0 Å². The second kappa shape index (κ2) is 6.26. The molecule has 0 saturated carbocycles. The third kappa shape index (κ3) is 5.46. The third-order valence-electron chi connectivity index (χ3n) is 1.21. The van der Waals surface area contributed by atoms with E-state index in [-0.39, 0.29) is 13.2 Å². The van der Waals surface area contributed by atoms with Crippen LogP contribution in [0, 0.1) is 0 Å². The van der Waals surface area contributed by atoms with Gasteiger partial charge < -0.3 is 14.2 Å². The molecule has 0 N–H and O–H groups in total. The van der Waals surface area contributed by atoms with Crippen molar-refractivity contribution >= 4 is 21.9 Å². The molecule has 4 nitrogen and oxygen atoms in total. The lowest BCUT2D eigenvalue weighted by atomic mass is 10.4. The topological polar surface area (TPSA) is 44.8 Å². The smallest absolute Gasteiger partial charge is 0.396 e. The van der Waals surface area contributed by atoms with E-state index in [0.29, 0.717) is 0 Å². The molecule has 0 saturated heterocycles. The Bertz CT molecular complexity index is 177. The number of halogens is 3. The molecule has 84 valence electrons. The van der Waals surface area contributed by atoms with Crippen LogP contribution in [0.25, 0.3) is 0 Å². The lowest BCUT2D eigenvalue weighted by Gasteiger charge is -2.17. The Balaban J connectivity index is 4.08. The van der Waals surface area contributed by atoms with E-state index in [2.05, 4.69) is 14.2 Å². The molecule has 0 aliphatic rings. The second-order valence-corrected chi connectivity index (χ2v) is 3.43. The highest BCUT2D eigenvalue weighted by atomic mass is 79.9. The Hall–Kier alpha value is -0.270. The first-order valence-corrected chi connectivity index (χ1v) is 4.46. The van der Waals surface area contributed by atoms with Gasteiger partial charge in [0.15, 0.2) is 0 Å². The van der Waals surface area contributed by atoms with Crippen molar-refractivity contribution in [2.45, 2.75) is 10.9 Å². The van der Waals surface area contributed by atoms with E-state index in [1.54, 1.807) is 0 Å².